The van der Waals surface area contributed by atoms with E-state index in [0.717, 1.165) is 5.56 Å². The molecule has 0 unspecified atom stereocenters. The number of amides is 1. The van der Waals surface area contributed by atoms with Gasteiger partial charge >= 0.3 is 0 Å². The molecule has 0 N–H and O–H groups in total. The van der Waals surface area contributed by atoms with Crippen molar-refractivity contribution in [3.8, 4) is 0 Å². The van der Waals surface area contributed by atoms with Gasteiger partial charge in [0, 0.05) is 25.3 Å². The van der Waals surface area contributed by atoms with Crippen LogP contribution in [-0.4, -0.2) is 48.5 Å². The highest BCUT2D eigenvalue weighted by molar-refractivity contribution is 7.90. The molecule has 1 amide bonds. The molecule has 0 radical (unpaired) electrons. The average molecular weight is 488 g/mol. The summed E-state index contributed by atoms with van der Waals surface area (Å²) in [7, 11) is -2.30. The van der Waals surface area contributed by atoms with Crippen molar-refractivity contribution in [1.82, 2.24) is 14.5 Å². The third-order valence-electron chi connectivity index (χ3n) is 5.56. The lowest BCUT2D eigenvalue weighted by atomic mass is 10.1. The molecule has 182 valence electrons. The third kappa shape index (κ3) is 5.90. The average Bonchev–Trinajstić information content (AvgIpc) is 3.20. The Morgan fingerprint density at radius 2 is 1.82 bits per heavy atom. The van der Waals surface area contributed by atoms with Crippen LogP contribution < -0.4 is 0 Å². The van der Waals surface area contributed by atoms with Gasteiger partial charge in [-0.3, -0.25) is 4.79 Å². The van der Waals surface area contributed by atoms with Crippen LogP contribution >= 0.6 is 0 Å². The molecule has 0 saturated heterocycles. The van der Waals surface area contributed by atoms with Gasteiger partial charge in [0.1, 0.15) is 5.82 Å². The van der Waals surface area contributed by atoms with Crippen molar-refractivity contribution in [3.05, 3.63) is 82.9 Å². The Morgan fingerprint density at radius 3 is 2.44 bits per heavy atom. The normalized spacial score (nSPS) is 11.7. The van der Waals surface area contributed by atoms with Gasteiger partial charge in [-0.2, -0.15) is 0 Å². The highest BCUT2D eigenvalue weighted by Crippen LogP contribution is 2.21. The molecule has 34 heavy (non-hydrogen) atoms. The first-order chi connectivity index (χ1) is 16.1. The van der Waals surface area contributed by atoms with Gasteiger partial charge in [0.15, 0.2) is 0 Å². The summed E-state index contributed by atoms with van der Waals surface area (Å²) in [5, 5.41) is -0.101. The standard InChI is InChI=1S/C25H30FN3O4S/c1-18(2)29(24(30)23-8-6-5-7-19(23)3)16-22-15-27-25(28(22)13-14-33-4)34(31,32)17-20-9-11-21(26)12-10-20/h5-12,15,18H,13-14,16-17H2,1-4H3. The molecule has 9 heteroatoms. The number of halogens is 1. The van der Waals surface area contributed by atoms with Crippen LogP contribution in [0.25, 0.3) is 0 Å². The number of methoxy groups -OCH3 is 1. The lowest BCUT2D eigenvalue weighted by molar-refractivity contribution is 0.0683. The molecular formula is C25H30FN3O4S. The molecule has 3 rings (SSSR count). The van der Waals surface area contributed by atoms with Gasteiger partial charge in [0.05, 0.1) is 30.8 Å². The van der Waals surface area contributed by atoms with Crippen molar-refractivity contribution < 1.29 is 22.3 Å². The molecule has 0 bridgehead atoms. The minimum Gasteiger partial charge on any atom is -0.383 e. The third-order valence-corrected chi connectivity index (χ3v) is 7.16. The Labute approximate surface area is 200 Å². The minimum absolute atomic E-state index is 0.101. The molecule has 0 spiro atoms. The van der Waals surface area contributed by atoms with Crippen LogP contribution in [0.5, 0.6) is 0 Å². The summed E-state index contributed by atoms with van der Waals surface area (Å²) in [6, 6.07) is 12.6. The van der Waals surface area contributed by atoms with E-state index < -0.39 is 15.7 Å². The first-order valence-corrected chi connectivity index (χ1v) is 12.7. The second-order valence-corrected chi connectivity index (χ2v) is 10.3. The second-order valence-electron chi connectivity index (χ2n) is 8.40. The van der Waals surface area contributed by atoms with Crippen molar-refractivity contribution in [2.24, 2.45) is 0 Å². The molecule has 0 aliphatic heterocycles. The van der Waals surface area contributed by atoms with Crippen LogP contribution in [0, 0.1) is 12.7 Å². The first kappa shape index (κ1) is 25.6. The van der Waals surface area contributed by atoms with Crippen LogP contribution in [0.1, 0.15) is 41.0 Å². The van der Waals surface area contributed by atoms with Gasteiger partial charge in [-0.15, -0.1) is 0 Å². The van der Waals surface area contributed by atoms with E-state index >= 15 is 0 Å². The summed E-state index contributed by atoms with van der Waals surface area (Å²) in [5.74, 6) is -0.882. The van der Waals surface area contributed by atoms with Crippen LogP contribution in [-0.2, 0) is 33.4 Å². The fourth-order valence-electron chi connectivity index (χ4n) is 3.68. The van der Waals surface area contributed by atoms with E-state index in [1.165, 1.54) is 37.6 Å². The number of hydrogen-bond acceptors (Lipinski definition) is 5. The van der Waals surface area contributed by atoms with E-state index in [1.54, 1.807) is 15.5 Å². The fraction of sp³-hybridized carbons (Fsp3) is 0.360. The SMILES string of the molecule is COCCn1c(CN(C(=O)c2ccccc2C)C(C)C)cnc1S(=O)(=O)Cc1ccc(F)cc1. The van der Waals surface area contributed by atoms with Crippen molar-refractivity contribution in [1.29, 1.82) is 0 Å². The number of sulfone groups is 1. The number of rotatable bonds is 10. The molecule has 2 aromatic carbocycles. The van der Waals surface area contributed by atoms with Gasteiger partial charge in [-0.25, -0.2) is 17.8 Å². The lowest BCUT2D eigenvalue weighted by Gasteiger charge is -2.28. The minimum atomic E-state index is -3.83. The quantitative estimate of drug-likeness (QED) is 0.432. The number of imidazole rings is 1. The van der Waals surface area contributed by atoms with Crippen molar-refractivity contribution in [2.45, 2.75) is 50.8 Å². The second kappa shape index (κ2) is 10.9. The summed E-state index contributed by atoms with van der Waals surface area (Å²) in [6.07, 6.45) is 1.49. The number of benzene rings is 2. The topological polar surface area (TPSA) is 81.5 Å². The van der Waals surface area contributed by atoms with Crippen LogP contribution in [0.2, 0.25) is 0 Å². The molecular weight excluding hydrogens is 457 g/mol. The molecule has 0 atom stereocenters. The number of carbonyl (C=O) groups excluding carboxylic acids is 1. The van der Waals surface area contributed by atoms with E-state index in [-0.39, 0.29) is 42.6 Å². The van der Waals surface area contributed by atoms with E-state index in [2.05, 4.69) is 4.98 Å². The summed E-state index contributed by atoms with van der Waals surface area (Å²) in [4.78, 5) is 19.2. The van der Waals surface area contributed by atoms with Gasteiger partial charge in [-0.05, 0) is 50.1 Å². The predicted molar refractivity (Wildman–Crippen MR) is 128 cm³/mol. The number of aryl methyl sites for hydroxylation is 1. The molecule has 3 aromatic rings. The molecule has 1 heterocycles. The Kier molecular flexibility index (Phi) is 8.22. The molecule has 0 saturated carbocycles. The Hall–Kier alpha value is -3.04. The maximum absolute atomic E-state index is 13.3. The lowest BCUT2D eigenvalue weighted by Crippen LogP contribution is -2.37. The molecule has 0 aliphatic carbocycles. The molecule has 0 fully saturated rings. The number of hydrogen-bond donors (Lipinski definition) is 0. The predicted octanol–water partition coefficient (Wildman–Crippen LogP) is 4.00. The largest absolute Gasteiger partial charge is 0.383 e. The van der Waals surface area contributed by atoms with E-state index in [4.69, 9.17) is 4.74 Å². The Balaban J connectivity index is 1.95. The van der Waals surface area contributed by atoms with Gasteiger partial charge in [-0.1, -0.05) is 30.3 Å². The van der Waals surface area contributed by atoms with Crippen molar-refractivity contribution >= 4 is 15.7 Å². The highest BCUT2D eigenvalue weighted by Gasteiger charge is 2.27. The Bertz CT molecular complexity index is 1240. The number of carbonyl (C=O) groups is 1. The summed E-state index contributed by atoms with van der Waals surface area (Å²) < 4.78 is 46.4. The maximum atomic E-state index is 13.3. The number of ether oxygens (including phenoxy) is 1. The van der Waals surface area contributed by atoms with Crippen molar-refractivity contribution in [2.75, 3.05) is 13.7 Å². The number of aromatic nitrogens is 2. The number of nitrogens with zero attached hydrogens (tertiary/aromatic N) is 3. The van der Waals surface area contributed by atoms with Crippen molar-refractivity contribution in [3.63, 3.8) is 0 Å². The highest BCUT2D eigenvalue weighted by atomic mass is 32.2. The zero-order valence-corrected chi connectivity index (χ0v) is 20.7. The zero-order valence-electron chi connectivity index (χ0n) is 19.9. The van der Waals surface area contributed by atoms with Crippen LogP contribution in [0.15, 0.2) is 59.9 Å². The maximum Gasteiger partial charge on any atom is 0.254 e. The molecule has 7 nitrogen and oxygen atoms in total. The first-order valence-electron chi connectivity index (χ1n) is 11.0. The van der Waals surface area contributed by atoms with E-state index in [9.17, 15) is 17.6 Å². The van der Waals surface area contributed by atoms with Gasteiger partial charge < -0.3 is 14.2 Å². The Morgan fingerprint density at radius 1 is 1.15 bits per heavy atom. The summed E-state index contributed by atoms with van der Waals surface area (Å²) in [6.45, 7) is 6.43. The van der Waals surface area contributed by atoms with Crippen LogP contribution in [0.3, 0.4) is 0 Å². The summed E-state index contributed by atoms with van der Waals surface area (Å²) >= 11 is 0. The smallest absolute Gasteiger partial charge is 0.254 e. The van der Waals surface area contributed by atoms with Gasteiger partial charge in [0.25, 0.3) is 5.91 Å². The van der Waals surface area contributed by atoms with Crippen LogP contribution in [0.4, 0.5) is 4.39 Å². The molecule has 1 aromatic heterocycles. The molecule has 0 aliphatic rings. The summed E-state index contributed by atoms with van der Waals surface area (Å²) in [5.41, 5.74) is 2.52. The van der Waals surface area contributed by atoms with Gasteiger partial charge in [0.2, 0.25) is 15.0 Å². The fourth-order valence-corrected chi connectivity index (χ4v) is 5.20. The van der Waals surface area contributed by atoms with E-state index in [1.807, 2.05) is 39.0 Å². The van der Waals surface area contributed by atoms with E-state index in [0.29, 0.717) is 16.8 Å². The monoisotopic (exact) mass is 487 g/mol. The zero-order chi connectivity index (χ0) is 24.9.